The summed E-state index contributed by atoms with van der Waals surface area (Å²) < 4.78 is 0. The number of amides is 2. The van der Waals surface area contributed by atoms with Crippen LogP contribution >= 0.6 is 11.3 Å². The van der Waals surface area contributed by atoms with Gasteiger partial charge in [0, 0.05) is 19.0 Å². The summed E-state index contributed by atoms with van der Waals surface area (Å²) in [5.74, 6) is -1.03. The van der Waals surface area contributed by atoms with Crippen molar-refractivity contribution in [3.8, 4) is 0 Å². The van der Waals surface area contributed by atoms with Gasteiger partial charge in [-0.1, -0.05) is 6.07 Å². The molecule has 2 amide bonds. The van der Waals surface area contributed by atoms with E-state index in [1.807, 2.05) is 17.5 Å². The average Bonchev–Trinajstić information content (AvgIpc) is 2.79. The number of hydrogen-bond acceptors (Lipinski definition) is 3. The van der Waals surface area contributed by atoms with Gasteiger partial charge in [-0.3, -0.25) is 0 Å². The van der Waals surface area contributed by atoms with E-state index >= 15 is 0 Å². The topological polar surface area (TPSA) is 60.9 Å². The summed E-state index contributed by atoms with van der Waals surface area (Å²) in [5.41, 5.74) is -1.22. The van der Waals surface area contributed by atoms with Gasteiger partial charge < -0.3 is 14.9 Å². The number of thiophene rings is 1. The van der Waals surface area contributed by atoms with Crippen LogP contribution in [0.1, 0.15) is 18.7 Å². The first-order valence-corrected chi connectivity index (χ1v) is 6.39. The predicted molar refractivity (Wildman–Crippen MR) is 70.7 cm³/mol. The second-order valence-electron chi connectivity index (χ2n) is 4.64. The Balaban J connectivity index is 2.72. The minimum Gasteiger partial charge on any atom is -0.480 e. The molecule has 5 nitrogen and oxygen atoms in total. The van der Waals surface area contributed by atoms with Crippen LogP contribution in [0.25, 0.3) is 0 Å². The molecule has 0 aliphatic rings. The largest absolute Gasteiger partial charge is 0.480 e. The van der Waals surface area contributed by atoms with Crippen LogP contribution in [0.3, 0.4) is 0 Å². The summed E-state index contributed by atoms with van der Waals surface area (Å²) in [6, 6.07) is 3.55. The molecule has 0 atom stereocenters. The van der Waals surface area contributed by atoms with E-state index in [2.05, 4.69) is 0 Å². The standard InChI is InChI=1S/C12H18N2O3S/c1-12(2,10(15)16)14(4)11(17)13(3)8-9-6-5-7-18-9/h5-7H,8H2,1-4H3,(H,15,16). The zero-order valence-electron chi connectivity index (χ0n) is 11.0. The molecule has 0 saturated heterocycles. The molecule has 0 spiro atoms. The molecule has 0 aliphatic heterocycles. The van der Waals surface area contributed by atoms with Gasteiger partial charge in [0.1, 0.15) is 5.54 Å². The Morgan fingerprint density at radius 2 is 2.00 bits per heavy atom. The van der Waals surface area contributed by atoms with Gasteiger partial charge in [0.15, 0.2) is 0 Å². The molecular weight excluding hydrogens is 252 g/mol. The van der Waals surface area contributed by atoms with Crippen LogP contribution in [0.15, 0.2) is 17.5 Å². The van der Waals surface area contributed by atoms with Crippen LogP contribution in [0.5, 0.6) is 0 Å². The van der Waals surface area contributed by atoms with Crippen molar-refractivity contribution < 1.29 is 14.7 Å². The van der Waals surface area contributed by atoms with Crippen LogP contribution in [-0.2, 0) is 11.3 Å². The first-order chi connectivity index (χ1) is 8.26. The number of urea groups is 1. The smallest absolute Gasteiger partial charge is 0.329 e. The Bertz CT molecular complexity index is 429. The molecule has 0 saturated carbocycles. The van der Waals surface area contributed by atoms with Gasteiger partial charge in [0.2, 0.25) is 0 Å². The molecule has 1 rings (SSSR count). The molecular formula is C12H18N2O3S. The van der Waals surface area contributed by atoms with Crippen molar-refractivity contribution in [1.29, 1.82) is 0 Å². The summed E-state index contributed by atoms with van der Waals surface area (Å²) >= 11 is 1.57. The molecule has 0 fully saturated rings. The van der Waals surface area contributed by atoms with Crippen molar-refractivity contribution in [2.45, 2.75) is 25.9 Å². The van der Waals surface area contributed by atoms with Crippen LogP contribution < -0.4 is 0 Å². The highest BCUT2D eigenvalue weighted by Crippen LogP contribution is 2.17. The van der Waals surface area contributed by atoms with Crippen LogP contribution in [0, 0.1) is 0 Å². The SMILES string of the molecule is CN(Cc1cccs1)C(=O)N(C)C(C)(C)C(=O)O. The third kappa shape index (κ3) is 3.01. The summed E-state index contributed by atoms with van der Waals surface area (Å²) in [7, 11) is 3.16. The maximum absolute atomic E-state index is 12.1. The third-order valence-electron chi connectivity index (χ3n) is 2.95. The fourth-order valence-corrected chi connectivity index (χ4v) is 2.10. The molecule has 18 heavy (non-hydrogen) atoms. The minimum atomic E-state index is -1.22. The van der Waals surface area contributed by atoms with Crippen LogP contribution in [-0.4, -0.2) is 46.5 Å². The van der Waals surface area contributed by atoms with Crippen molar-refractivity contribution in [3.05, 3.63) is 22.4 Å². The third-order valence-corrected chi connectivity index (χ3v) is 3.81. The normalized spacial score (nSPS) is 11.1. The number of aliphatic carboxylic acids is 1. The van der Waals surface area contributed by atoms with E-state index in [0.29, 0.717) is 6.54 Å². The van der Waals surface area contributed by atoms with Gasteiger partial charge in [0.05, 0.1) is 6.54 Å². The lowest BCUT2D eigenvalue weighted by Crippen LogP contribution is -2.54. The molecule has 0 bridgehead atoms. The second-order valence-corrected chi connectivity index (χ2v) is 5.67. The van der Waals surface area contributed by atoms with Gasteiger partial charge in [-0.2, -0.15) is 0 Å². The van der Waals surface area contributed by atoms with Crippen molar-refractivity contribution in [1.82, 2.24) is 9.80 Å². The maximum atomic E-state index is 12.1. The van der Waals surface area contributed by atoms with Gasteiger partial charge in [-0.05, 0) is 25.3 Å². The first-order valence-electron chi connectivity index (χ1n) is 5.51. The van der Waals surface area contributed by atoms with E-state index in [9.17, 15) is 9.59 Å². The highest BCUT2D eigenvalue weighted by Gasteiger charge is 2.36. The zero-order chi connectivity index (χ0) is 13.9. The number of hydrogen-bond donors (Lipinski definition) is 1. The van der Waals surface area contributed by atoms with E-state index < -0.39 is 11.5 Å². The number of likely N-dealkylation sites (N-methyl/N-ethyl adjacent to an activating group) is 1. The second kappa shape index (κ2) is 5.39. The zero-order valence-corrected chi connectivity index (χ0v) is 11.8. The molecule has 1 N–H and O–H groups in total. The fourth-order valence-electron chi connectivity index (χ4n) is 1.34. The van der Waals surface area contributed by atoms with E-state index in [1.54, 1.807) is 18.4 Å². The summed E-state index contributed by atoms with van der Waals surface area (Å²) in [5, 5.41) is 11.0. The molecule has 1 aromatic rings. The molecule has 0 radical (unpaired) electrons. The van der Waals surface area contributed by atoms with Crippen LogP contribution in [0.4, 0.5) is 4.79 Å². The summed E-state index contributed by atoms with van der Waals surface area (Å²) in [4.78, 5) is 27.0. The molecule has 0 unspecified atom stereocenters. The minimum absolute atomic E-state index is 0.309. The fraction of sp³-hybridized carbons (Fsp3) is 0.500. The predicted octanol–water partition coefficient (Wildman–Crippen LogP) is 2.09. The molecule has 0 aromatic carbocycles. The molecule has 100 valence electrons. The first kappa shape index (κ1) is 14.5. The van der Waals surface area contributed by atoms with Crippen molar-refractivity contribution in [2.75, 3.05) is 14.1 Å². The van der Waals surface area contributed by atoms with Gasteiger partial charge in [-0.15, -0.1) is 11.3 Å². The van der Waals surface area contributed by atoms with Crippen molar-refractivity contribution in [3.63, 3.8) is 0 Å². The highest BCUT2D eigenvalue weighted by atomic mass is 32.1. The quantitative estimate of drug-likeness (QED) is 0.911. The molecule has 1 heterocycles. The number of carboxylic acids is 1. The Morgan fingerprint density at radius 1 is 1.39 bits per heavy atom. The van der Waals surface area contributed by atoms with Crippen molar-refractivity contribution >= 4 is 23.3 Å². The number of carbonyl (C=O) groups excluding carboxylic acids is 1. The maximum Gasteiger partial charge on any atom is 0.329 e. The highest BCUT2D eigenvalue weighted by molar-refractivity contribution is 7.09. The Kier molecular flexibility index (Phi) is 4.34. The van der Waals surface area contributed by atoms with E-state index in [0.717, 1.165) is 4.88 Å². The van der Waals surface area contributed by atoms with E-state index in [1.165, 1.54) is 30.7 Å². The van der Waals surface area contributed by atoms with Crippen molar-refractivity contribution in [2.24, 2.45) is 0 Å². The van der Waals surface area contributed by atoms with Gasteiger partial charge >= 0.3 is 12.0 Å². The lowest BCUT2D eigenvalue weighted by atomic mass is 10.0. The number of nitrogens with zero attached hydrogens (tertiary/aromatic N) is 2. The number of carbonyl (C=O) groups is 2. The van der Waals surface area contributed by atoms with E-state index in [4.69, 9.17) is 5.11 Å². The summed E-state index contributed by atoms with van der Waals surface area (Å²) in [6.45, 7) is 3.50. The molecule has 1 aromatic heterocycles. The van der Waals surface area contributed by atoms with Gasteiger partial charge in [0.25, 0.3) is 0 Å². The molecule has 0 aliphatic carbocycles. The summed E-state index contributed by atoms with van der Waals surface area (Å²) in [6.07, 6.45) is 0. The number of carboxylic acid groups (broad SMARTS) is 1. The Hall–Kier alpha value is -1.56. The number of rotatable bonds is 4. The lowest BCUT2D eigenvalue weighted by Gasteiger charge is -2.34. The average molecular weight is 270 g/mol. The Morgan fingerprint density at radius 3 is 2.44 bits per heavy atom. The van der Waals surface area contributed by atoms with Crippen LogP contribution in [0.2, 0.25) is 0 Å². The monoisotopic (exact) mass is 270 g/mol. The molecule has 6 heteroatoms. The Labute approximate surface area is 111 Å². The van der Waals surface area contributed by atoms with E-state index in [-0.39, 0.29) is 6.03 Å². The lowest BCUT2D eigenvalue weighted by molar-refractivity contribution is -0.147. The van der Waals surface area contributed by atoms with Gasteiger partial charge in [-0.25, -0.2) is 9.59 Å².